The van der Waals surface area contributed by atoms with Crippen molar-refractivity contribution in [1.29, 1.82) is 0 Å². The Morgan fingerprint density at radius 3 is 2.79 bits per heavy atom. The standard InChI is InChI=1S/C14H20N2O3/c1-18-12-5-6-13(19-2)11(10-12)4-7-14(17)16-9-3-8-15/h4-7,10H,3,8-9,15H2,1-2H3,(H,16,17)/b7-4+. The van der Waals surface area contributed by atoms with Gasteiger partial charge in [-0.3, -0.25) is 4.79 Å². The topological polar surface area (TPSA) is 73.6 Å². The van der Waals surface area contributed by atoms with E-state index in [4.69, 9.17) is 15.2 Å². The third-order valence-electron chi connectivity index (χ3n) is 2.53. The first-order valence-corrected chi connectivity index (χ1v) is 6.09. The lowest BCUT2D eigenvalue weighted by Crippen LogP contribution is -2.23. The van der Waals surface area contributed by atoms with E-state index in [-0.39, 0.29) is 5.91 Å². The van der Waals surface area contributed by atoms with E-state index in [1.807, 2.05) is 6.07 Å². The Hall–Kier alpha value is -2.01. The molecule has 0 aliphatic heterocycles. The molecule has 1 aromatic rings. The highest BCUT2D eigenvalue weighted by molar-refractivity contribution is 5.92. The van der Waals surface area contributed by atoms with Crippen LogP contribution in [-0.2, 0) is 4.79 Å². The van der Waals surface area contributed by atoms with Crippen LogP contribution in [0.4, 0.5) is 0 Å². The zero-order valence-corrected chi connectivity index (χ0v) is 11.3. The Morgan fingerprint density at radius 1 is 1.37 bits per heavy atom. The number of ether oxygens (including phenoxy) is 2. The monoisotopic (exact) mass is 264 g/mol. The molecule has 0 bridgehead atoms. The first-order chi connectivity index (χ1) is 9.21. The molecule has 0 atom stereocenters. The van der Waals surface area contributed by atoms with Crippen molar-refractivity contribution in [3.05, 3.63) is 29.8 Å². The molecule has 1 amide bonds. The van der Waals surface area contributed by atoms with Crippen LogP contribution in [0, 0.1) is 0 Å². The molecule has 1 rings (SSSR count). The second kappa shape index (κ2) is 8.16. The van der Waals surface area contributed by atoms with Gasteiger partial charge in [0.05, 0.1) is 14.2 Å². The van der Waals surface area contributed by atoms with E-state index in [2.05, 4.69) is 5.32 Å². The van der Waals surface area contributed by atoms with Gasteiger partial charge in [-0.2, -0.15) is 0 Å². The Balaban J connectivity index is 2.71. The number of hydrogen-bond donors (Lipinski definition) is 2. The van der Waals surface area contributed by atoms with Crippen molar-refractivity contribution >= 4 is 12.0 Å². The van der Waals surface area contributed by atoms with Gasteiger partial charge < -0.3 is 20.5 Å². The highest BCUT2D eigenvalue weighted by Gasteiger charge is 2.02. The maximum atomic E-state index is 11.5. The fourth-order valence-electron chi connectivity index (χ4n) is 1.51. The zero-order valence-electron chi connectivity index (χ0n) is 11.3. The third kappa shape index (κ3) is 5.01. The fourth-order valence-corrected chi connectivity index (χ4v) is 1.51. The van der Waals surface area contributed by atoms with Crippen molar-refractivity contribution in [1.82, 2.24) is 5.32 Å². The van der Waals surface area contributed by atoms with Gasteiger partial charge in [-0.1, -0.05) is 0 Å². The van der Waals surface area contributed by atoms with Gasteiger partial charge in [0, 0.05) is 18.2 Å². The van der Waals surface area contributed by atoms with Crippen LogP contribution in [0.3, 0.4) is 0 Å². The van der Waals surface area contributed by atoms with Crippen molar-refractivity contribution in [2.75, 3.05) is 27.3 Å². The molecular formula is C14H20N2O3. The Bertz CT molecular complexity index is 444. The lowest BCUT2D eigenvalue weighted by Gasteiger charge is -2.07. The molecule has 0 saturated heterocycles. The number of carbonyl (C=O) groups is 1. The summed E-state index contributed by atoms with van der Waals surface area (Å²) in [5.41, 5.74) is 6.14. The molecule has 3 N–H and O–H groups in total. The molecule has 104 valence electrons. The van der Waals surface area contributed by atoms with Gasteiger partial charge in [0.25, 0.3) is 0 Å². The van der Waals surface area contributed by atoms with Crippen molar-refractivity contribution in [2.24, 2.45) is 5.73 Å². The van der Waals surface area contributed by atoms with Crippen molar-refractivity contribution < 1.29 is 14.3 Å². The van der Waals surface area contributed by atoms with E-state index < -0.39 is 0 Å². The number of methoxy groups -OCH3 is 2. The van der Waals surface area contributed by atoms with Gasteiger partial charge in [0.2, 0.25) is 5.91 Å². The summed E-state index contributed by atoms with van der Waals surface area (Å²) in [6, 6.07) is 5.41. The first-order valence-electron chi connectivity index (χ1n) is 6.09. The van der Waals surface area contributed by atoms with Crippen LogP contribution in [-0.4, -0.2) is 33.2 Å². The fraction of sp³-hybridized carbons (Fsp3) is 0.357. The molecule has 0 saturated carbocycles. The number of amides is 1. The second-order valence-corrected chi connectivity index (χ2v) is 3.87. The van der Waals surface area contributed by atoms with E-state index in [0.29, 0.717) is 24.6 Å². The summed E-state index contributed by atoms with van der Waals surface area (Å²) < 4.78 is 10.4. The quantitative estimate of drug-likeness (QED) is 0.573. The van der Waals surface area contributed by atoms with Crippen molar-refractivity contribution in [3.63, 3.8) is 0 Å². The van der Waals surface area contributed by atoms with Crippen LogP contribution in [0.5, 0.6) is 11.5 Å². The molecule has 5 nitrogen and oxygen atoms in total. The Morgan fingerprint density at radius 2 is 2.16 bits per heavy atom. The molecule has 19 heavy (non-hydrogen) atoms. The average molecular weight is 264 g/mol. The van der Waals surface area contributed by atoms with E-state index >= 15 is 0 Å². The second-order valence-electron chi connectivity index (χ2n) is 3.87. The number of hydrogen-bond acceptors (Lipinski definition) is 4. The molecule has 0 aliphatic rings. The van der Waals surface area contributed by atoms with Gasteiger partial charge in [-0.15, -0.1) is 0 Å². The maximum Gasteiger partial charge on any atom is 0.244 e. The van der Waals surface area contributed by atoms with E-state index in [1.54, 1.807) is 32.4 Å². The maximum absolute atomic E-state index is 11.5. The Labute approximate surface area is 113 Å². The molecule has 0 heterocycles. The highest BCUT2D eigenvalue weighted by Crippen LogP contribution is 2.24. The average Bonchev–Trinajstić information content (AvgIpc) is 2.45. The summed E-state index contributed by atoms with van der Waals surface area (Å²) in [5, 5.41) is 2.74. The molecule has 0 fully saturated rings. The minimum Gasteiger partial charge on any atom is -0.497 e. The third-order valence-corrected chi connectivity index (χ3v) is 2.53. The van der Waals surface area contributed by atoms with Crippen LogP contribution >= 0.6 is 0 Å². The SMILES string of the molecule is COc1ccc(OC)c(/C=C/C(=O)NCCCN)c1. The molecule has 5 heteroatoms. The first kappa shape index (κ1) is 15.0. The summed E-state index contributed by atoms with van der Waals surface area (Å²) >= 11 is 0. The van der Waals surface area contributed by atoms with Crippen LogP contribution in [0.1, 0.15) is 12.0 Å². The minimum absolute atomic E-state index is 0.154. The zero-order chi connectivity index (χ0) is 14.1. The number of rotatable bonds is 7. The molecule has 0 radical (unpaired) electrons. The van der Waals surface area contributed by atoms with Gasteiger partial charge in [0.15, 0.2) is 0 Å². The van der Waals surface area contributed by atoms with Gasteiger partial charge in [-0.25, -0.2) is 0 Å². The van der Waals surface area contributed by atoms with Crippen LogP contribution in [0.25, 0.3) is 6.08 Å². The summed E-state index contributed by atoms with van der Waals surface area (Å²) in [5.74, 6) is 1.24. The predicted octanol–water partition coefficient (Wildman–Crippen LogP) is 1.18. The summed E-state index contributed by atoms with van der Waals surface area (Å²) in [6.45, 7) is 1.14. The summed E-state index contributed by atoms with van der Waals surface area (Å²) in [4.78, 5) is 11.5. The number of nitrogens with two attached hydrogens (primary N) is 1. The minimum atomic E-state index is -0.154. The van der Waals surface area contributed by atoms with Gasteiger partial charge in [-0.05, 0) is 37.2 Å². The number of benzene rings is 1. The lowest BCUT2D eigenvalue weighted by molar-refractivity contribution is -0.116. The van der Waals surface area contributed by atoms with Crippen LogP contribution < -0.4 is 20.5 Å². The predicted molar refractivity (Wildman–Crippen MR) is 75.3 cm³/mol. The van der Waals surface area contributed by atoms with E-state index in [9.17, 15) is 4.79 Å². The molecule has 0 aromatic heterocycles. The summed E-state index contributed by atoms with van der Waals surface area (Å²) in [7, 11) is 3.18. The van der Waals surface area contributed by atoms with Gasteiger partial charge in [0.1, 0.15) is 11.5 Å². The highest BCUT2D eigenvalue weighted by atomic mass is 16.5. The Kier molecular flexibility index (Phi) is 6.46. The van der Waals surface area contributed by atoms with Crippen LogP contribution in [0.2, 0.25) is 0 Å². The van der Waals surface area contributed by atoms with Crippen molar-refractivity contribution in [2.45, 2.75) is 6.42 Å². The molecular weight excluding hydrogens is 244 g/mol. The van der Waals surface area contributed by atoms with E-state index in [0.717, 1.165) is 12.0 Å². The smallest absolute Gasteiger partial charge is 0.244 e. The van der Waals surface area contributed by atoms with Crippen LogP contribution in [0.15, 0.2) is 24.3 Å². The number of carbonyl (C=O) groups excluding carboxylic acids is 1. The molecule has 1 aromatic carbocycles. The molecule has 0 aliphatic carbocycles. The lowest BCUT2D eigenvalue weighted by atomic mass is 10.1. The molecule has 0 spiro atoms. The normalized spacial score (nSPS) is 10.5. The number of nitrogens with one attached hydrogen (secondary N) is 1. The van der Waals surface area contributed by atoms with Crippen molar-refractivity contribution in [3.8, 4) is 11.5 Å². The van der Waals surface area contributed by atoms with Gasteiger partial charge >= 0.3 is 0 Å². The summed E-state index contributed by atoms with van der Waals surface area (Å²) in [6.07, 6.45) is 3.93. The van der Waals surface area contributed by atoms with E-state index in [1.165, 1.54) is 6.08 Å². The molecule has 0 unspecified atom stereocenters. The largest absolute Gasteiger partial charge is 0.497 e.